The molecule has 2 atom stereocenters. The third kappa shape index (κ3) is 4.82. The summed E-state index contributed by atoms with van der Waals surface area (Å²) in [5.41, 5.74) is 3.25. The number of rotatable bonds is 1. The summed E-state index contributed by atoms with van der Waals surface area (Å²) in [5.74, 6) is 0. The predicted molar refractivity (Wildman–Crippen MR) is 92.9 cm³/mol. The molecule has 1 fully saturated rings. The molecule has 1 aliphatic carbocycles. The molecule has 0 unspecified atom stereocenters. The predicted octanol–water partition coefficient (Wildman–Crippen LogP) is 5.09. The lowest BCUT2D eigenvalue weighted by Crippen LogP contribution is -2.22. The van der Waals surface area contributed by atoms with Gasteiger partial charge in [0, 0.05) is 0 Å². The molecule has 0 spiro atoms. The molecule has 1 heterocycles. The zero-order valence-electron chi connectivity index (χ0n) is 14.9. The molecule has 22 heavy (non-hydrogen) atoms. The molecule has 1 N–H and O–H groups in total. The van der Waals surface area contributed by atoms with Crippen molar-refractivity contribution in [3.63, 3.8) is 0 Å². The van der Waals surface area contributed by atoms with E-state index in [9.17, 15) is 5.11 Å². The molecule has 2 nitrogen and oxygen atoms in total. The molecule has 0 aromatic rings. The summed E-state index contributed by atoms with van der Waals surface area (Å²) >= 11 is 0. The lowest BCUT2D eigenvalue weighted by molar-refractivity contribution is 0.116. The van der Waals surface area contributed by atoms with E-state index in [1.807, 2.05) is 13.8 Å². The summed E-state index contributed by atoms with van der Waals surface area (Å²) in [7, 11) is 0. The van der Waals surface area contributed by atoms with E-state index in [0.29, 0.717) is 6.10 Å². The largest absolute Gasteiger partial charge is 0.386 e. The van der Waals surface area contributed by atoms with Crippen molar-refractivity contribution in [3.8, 4) is 0 Å². The molecule has 0 bridgehead atoms. The zero-order chi connectivity index (χ0) is 16.4. The molecule has 0 aromatic heterocycles. The molecular weight excluding hydrogens is 272 g/mol. The number of epoxide rings is 1. The van der Waals surface area contributed by atoms with Crippen LogP contribution >= 0.6 is 0 Å². The van der Waals surface area contributed by atoms with Crippen LogP contribution in [-0.2, 0) is 4.74 Å². The Morgan fingerprint density at radius 2 is 1.86 bits per heavy atom. The minimum atomic E-state index is -0.744. The van der Waals surface area contributed by atoms with Crippen molar-refractivity contribution in [2.45, 2.75) is 90.4 Å². The number of aliphatic hydroxyl groups is 1. The van der Waals surface area contributed by atoms with Gasteiger partial charge in [-0.25, -0.2) is 0 Å². The van der Waals surface area contributed by atoms with Gasteiger partial charge >= 0.3 is 0 Å². The topological polar surface area (TPSA) is 32.8 Å². The minimum absolute atomic E-state index is 0.106. The van der Waals surface area contributed by atoms with Gasteiger partial charge in [0.25, 0.3) is 0 Å². The maximum atomic E-state index is 10.4. The average Bonchev–Trinajstić information content (AvgIpc) is 3.04. The summed E-state index contributed by atoms with van der Waals surface area (Å²) in [6, 6.07) is 0. The van der Waals surface area contributed by atoms with Gasteiger partial charge < -0.3 is 9.84 Å². The number of hydrogen-bond donors (Lipinski definition) is 1. The molecule has 0 amide bonds. The second-order valence-corrected chi connectivity index (χ2v) is 7.81. The molecule has 2 heteroatoms. The Bertz CT molecular complexity index is 490. The number of allylic oxidation sites excluding steroid dienone is 5. The fourth-order valence-electron chi connectivity index (χ4n) is 3.19. The molecule has 1 saturated heterocycles. The van der Waals surface area contributed by atoms with Gasteiger partial charge in [-0.2, -0.15) is 0 Å². The third-order valence-electron chi connectivity index (χ3n) is 5.11. The number of hydrogen-bond acceptors (Lipinski definition) is 2. The van der Waals surface area contributed by atoms with E-state index in [1.165, 1.54) is 11.1 Å². The lowest BCUT2D eigenvalue weighted by Gasteiger charge is -2.22. The Labute approximate surface area is 136 Å². The third-order valence-corrected chi connectivity index (χ3v) is 5.11. The van der Waals surface area contributed by atoms with Gasteiger partial charge in [-0.15, -0.1) is 0 Å². The Morgan fingerprint density at radius 1 is 1.14 bits per heavy atom. The van der Waals surface area contributed by atoms with Crippen LogP contribution in [0.25, 0.3) is 0 Å². The Morgan fingerprint density at radius 3 is 2.55 bits per heavy atom. The summed E-state index contributed by atoms with van der Waals surface area (Å²) in [6.45, 7) is 10.4. The van der Waals surface area contributed by atoms with Crippen molar-refractivity contribution in [2.75, 3.05) is 0 Å². The number of fused-ring (bicyclic) bond motifs is 1. The van der Waals surface area contributed by atoms with Crippen molar-refractivity contribution < 1.29 is 9.84 Å². The molecule has 0 saturated carbocycles. The van der Waals surface area contributed by atoms with Crippen molar-refractivity contribution in [1.82, 2.24) is 0 Å². The molecule has 0 aromatic carbocycles. The van der Waals surface area contributed by atoms with Gasteiger partial charge in [0.2, 0.25) is 0 Å². The molecular formula is C20H32O2. The van der Waals surface area contributed by atoms with Gasteiger partial charge in [0.15, 0.2) is 0 Å². The maximum absolute atomic E-state index is 10.4. The van der Waals surface area contributed by atoms with Crippen LogP contribution in [0.15, 0.2) is 34.9 Å². The second-order valence-electron chi connectivity index (χ2n) is 7.81. The van der Waals surface area contributed by atoms with E-state index in [0.717, 1.165) is 44.1 Å². The minimum Gasteiger partial charge on any atom is -0.386 e. The van der Waals surface area contributed by atoms with Crippen LogP contribution in [0.2, 0.25) is 0 Å². The van der Waals surface area contributed by atoms with Crippen LogP contribution < -0.4 is 0 Å². The van der Waals surface area contributed by atoms with Crippen LogP contribution in [0, 0.1) is 0 Å². The molecule has 124 valence electrons. The number of ether oxygens (including phenoxy) is 1. The average molecular weight is 304 g/mol. The normalized spacial score (nSPS) is 31.4. The van der Waals surface area contributed by atoms with E-state index in [-0.39, 0.29) is 5.60 Å². The van der Waals surface area contributed by atoms with Crippen molar-refractivity contribution in [1.29, 1.82) is 0 Å². The van der Waals surface area contributed by atoms with E-state index >= 15 is 0 Å². The smallest absolute Gasteiger partial charge is 0.0923 e. The van der Waals surface area contributed by atoms with E-state index in [2.05, 4.69) is 39.0 Å². The van der Waals surface area contributed by atoms with Crippen LogP contribution in [-0.4, -0.2) is 22.4 Å². The van der Waals surface area contributed by atoms with Gasteiger partial charge in [-0.1, -0.05) is 29.4 Å². The van der Waals surface area contributed by atoms with Crippen molar-refractivity contribution >= 4 is 0 Å². The molecule has 2 rings (SSSR count). The van der Waals surface area contributed by atoms with Gasteiger partial charge in [-0.3, -0.25) is 0 Å². The SMILES string of the molecule is CC1=CCC[C@]2(C)O[C@@H]2CCC(C)=CC=C(C(C)(C)O)CC1. The highest BCUT2D eigenvalue weighted by atomic mass is 16.6. The first-order valence-corrected chi connectivity index (χ1v) is 8.63. The fraction of sp³-hybridized carbons (Fsp3) is 0.700. The second kappa shape index (κ2) is 6.72. The van der Waals surface area contributed by atoms with Crippen LogP contribution in [0.5, 0.6) is 0 Å². The monoisotopic (exact) mass is 304 g/mol. The highest BCUT2D eigenvalue weighted by Gasteiger charge is 2.50. The van der Waals surface area contributed by atoms with Gasteiger partial charge in [0.05, 0.1) is 17.3 Å². The Kier molecular flexibility index (Phi) is 5.34. The van der Waals surface area contributed by atoms with E-state index < -0.39 is 5.60 Å². The fourth-order valence-corrected chi connectivity index (χ4v) is 3.19. The maximum Gasteiger partial charge on any atom is 0.0923 e. The van der Waals surface area contributed by atoms with E-state index in [1.54, 1.807) is 0 Å². The Balaban J connectivity index is 2.16. The van der Waals surface area contributed by atoms with Crippen molar-refractivity contribution in [3.05, 3.63) is 34.9 Å². The zero-order valence-corrected chi connectivity index (χ0v) is 14.9. The quantitative estimate of drug-likeness (QED) is 0.541. The lowest BCUT2D eigenvalue weighted by atomic mass is 9.90. The highest BCUT2D eigenvalue weighted by molar-refractivity contribution is 5.24. The molecule has 2 aliphatic rings. The van der Waals surface area contributed by atoms with Gasteiger partial charge in [0.1, 0.15) is 0 Å². The molecule has 1 aliphatic heterocycles. The standard InChI is InChI=1S/C20H32O2/c1-15-7-6-14-20(5)18(22-20)13-10-16(2)9-12-17(11-8-15)19(3,4)21/h7,9,12,18,21H,6,8,10-11,13-14H2,1-5H3/t18-,20+/m1/s1. The first-order valence-electron chi connectivity index (χ1n) is 8.63. The highest BCUT2D eigenvalue weighted by Crippen LogP contribution is 2.43. The van der Waals surface area contributed by atoms with Gasteiger partial charge in [-0.05, 0) is 78.7 Å². The van der Waals surface area contributed by atoms with Crippen LogP contribution in [0.3, 0.4) is 0 Å². The van der Waals surface area contributed by atoms with Crippen molar-refractivity contribution in [2.24, 2.45) is 0 Å². The summed E-state index contributed by atoms with van der Waals surface area (Å²) in [6.07, 6.45) is 13.4. The first kappa shape index (κ1) is 17.5. The summed E-state index contributed by atoms with van der Waals surface area (Å²) in [5, 5.41) is 10.4. The van der Waals surface area contributed by atoms with Crippen LogP contribution in [0.1, 0.15) is 73.1 Å². The molecule has 0 radical (unpaired) electrons. The summed E-state index contributed by atoms with van der Waals surface area (Å²) < 4.78 is 5.93. The first-order chi connectivity index (χ1) is 10.2. The Hall–Kier alpha value is -0.860. The summed E-state index contributed by atoms with van der Waals surface area (Å²) in [4.78, 5) is 0. The van der Waals surface area contributed by atoms with Crippen LogP contribution in [0.4, 0.5) is 0 Å². The van der Waals surface area contributed by atoms with E-state index in [4.69, 9.17) is 4.74 Å².